The Balaban J connectivity index is 1.92. The largest absolute Gasteiger partial charge is 0.386 e. The number of aliphatic hydroxyl groups excluding tert-OH is 1. The molecule has 0 aliphatic carbocycles. The Labute approximate surface area is 116 Å². The van der Waals surface area contributed by atoms with Gasteiger partial charge in [0.15, 0.2) is 0 Å². The third-order valence-corrected chi connectivity index (χ3v) is 5.05. The van der Waals surface area contributed by atoms with Crippen LogP contribution in [0.4, 0.5) is 0 Å². The Kier molecular flexibility index (Phi) is 4.50. The van der Waals surface area contributed by atoms with Gasteiger partial charge in [0.25, 0.3) is 0 Å². The molecule has 3 nitrogen and oxygen atoms in total. The summed E-state index contributed by atoms with van der Waals surface area (Å²) >= 11 is 3.30. The molecule has 2 rings (SSSR count). The SMILES string of the molecule is Cc1nc(C)c(C(C)NCC(O)c2cccs2)s1. The summed E-state index contributed by atoms with van der Waals surface area (Å²) in [5.41, 5.74) is 1.09. The first kappa shape index (κ1) is 13.7. The van der Waals surface area contributed by atoms with Gasteiger partial charge < -0.3 is 10.4 Å². The highest BCUT2D eigenvalue weighted by molar-refractivity contribution is 7.11. The maximum Gasteiger partial charge on any atom is 0.101 e. The minimum Gasteiger partial charge on any atom is -0.386 e. The van der Waals surface area contributed by atoms with E-state index in [9.17, 15) is 5.11 Å². The molecule has 0 saturated heterocycles. The molecule has 18 heavy (non-hydrogen) atoms. The highest BCUT2D eigenvalue weighted by Gasteiger charge is 2.15. The third kappa shape index (κ3) is 3.17. The number of nitrogens with one attached hydrogen (secondary N) is 1. The van der Waals surface area contributed by atoms with Crippen LogP contribution in [0, 0.1) is 13.8 Å². The van der Waals surface area contributed by atoms with Crippen molar-refractivity contribution >= 4 is 22.7 Å². The van der Waals surface area contributed by atoms with E-state index in [1.54, 1.807) is 22.7 Å². The van der Waals surface area contributed by atoms with Crippen LogP contribution in [0.3, 0.4) is 0 Å². The topological polar surface area (TPSA) is 45.2 Å². The van der Waals surface area contributed by atoms with Crippen molar-refractivity contribution in [1.82, 2.24) is 10.3 Å². The fraction of sp³-hybridized carbons (Fsp3) is 0.462. The van der Waals surface area contributed by atoms with Gasteiger partial charge in [-0.15, -0.1) is 22.7 Å². The second-order valence-corrected chi connectivity index (χ2v) is 6.56. The van der Waals surface area contributed by atoms with Gasteiger partial charge in [0.05, 0.1) is 10.7 Å². The Morgan fingerprint density at radius 2 is 2.22 bits per heavy atom. The Morgan fingerprint density at radius 3 is 2.78 bits per heavy atom. The molecule has 2 heterocycles. The Hall–Kier alpha value is -0.750. The Morgan fingerprint density at radius 1 is 1.44 bits per heavy atom. The van der Waals surface area contributed by atoms with E-state index in [4.69, 9.17) is 0 Å². The second kappa shape index (κ2) is 5.93. The van der Waals surface area contributed by atoms with Crippen molar-refractivity contribution in [2.45, 2.75) is 32.9 Å². The van der Waals surface area contributed by atoms with Gasteiger partial charge in [-0.2, -0.15) is 0 Å². The lowest BCUT2D eigenvalue weighted by atomic mass is 10.2. The first-order valence-electron chi connectivity index (χ1n) is 5.96. The monoisotopic (exact) mass is 282 g/mol. The van der Waals surface area contributed by atoms with Gasteiger partial charge in [-0.25, -0.2) is 4.98 Å². The van der Waals surface area contributed by atoms with Crippen LogP contribution in [0.15, 0.2) is 17.5 Å². The van der Waals surface area contributed by atoms with E-state index in [1.165, 1.54) is 4.88 Å². The second-order valence-electron chi connectivity index (χ2n) is 4.34. The zero-order valence-corrected chi connectivity index (χ0v) is 12.4. The van der Waals surface area contributed by atoms with Crippen LogP contribution in [0.1, 0.15) is 39.5 Å². The lowest BCUT2D eigenvalue weighted by Crippen LogP contribution is -2.24. The van der Waals surface area contributed by atoms with Crippen LogP contribution in [-0.4, -0.2) is 16.6 Å². The highest BCUT2D eigenvalue weighted by Crippen LogP contribution is 2.25. The molecule has 2 N–H and O–H groups in total. The highest BCUT2D eigenvalue weighted by atomic mass is 32.1. The van der Waals surface area contributed by atoms with E-state index in [2.05, 4.69) is 17.2 Å². The molecule has 0 aliphatic rings. The minimum absolute atomic E-state index is 0.228. The normalized spacial score (nSPS) is 14.7. The van der Waals surface area contributed by atoms with E-state index in [-0.39, 0.29) is 6.04 Å². The van der Waals surface area contributed by atoms with E-state index < -0.39 is 6.10 Å². The lowest BCUT2D eigenvalue weighted by Gasteiger charge is -2.15. The molecule has 0 radical (unpaired) electrons. The minimum atomic E-state index is -0.429. The van der Waals surface area contributed by atoms with Gasteiger partial charge in [-0.3, -0.25) is 0 Å². The van der Waals surface area contributed by atoms with Gasteiger partial charge in [0, 0.05) is 22.3 Å². The molecule has 0 saturated carbocycles. The van der Waals surface area contributed by atoms with Crippen LogP contribution in [0.2, 0.25) is 0 Å². The van der Waals surface area contributed by atoms with Crippen LogP contribution < -0.4 is 5.32 Å². The zero-order chi connectivity index (χ0) is 13.1. The summed E-state index contributed by atoms with van der Waals surface area (Å²) in [4.78, 5) is 6.69. The molecule has 0 bridgehead atoms. The number of aromatic nitrogens is 1. The number of hydrogen-bond acceptors (Lipinski definition) is 5. The van der Waals surface area contributed by atoms with Crippen molar-refractivity contribution in [3.63, 3.8) is 0 Å². The van der Waals surface area contributed by atoms with Gasteiger partial charge in [0.1, 0.15) is 6.10 Å². The van der Waals surface area contributed by atoms with Crippen molar-refractivity contribution in [2.75, 3.05) is 6.54 Å². The predicted octanol–water partition coefficient (Wildman–Crippen LogP) is 3.21. The van der Waals surface area contributed by atoms with Gasteiger partial charge >= 0.3 is 0 Å². The summed E-state index contributed by atoms with van der Waals surface area (Å²) in [5, 5.41) is 16.5. The molecule has 2 atom stereocenters. The maximum atomic E-state index is 10.0. The number of nitrogens with zero attached hydrogens (tertiary/aromatic N) is 1. The van der Waals surface area contributed by atoms with E-state index >= 15 is 0 Å². The number of thiophene rings is 1. The Bertz CT molecular complexity index is 493. The predicted molar refractivity (Wildman–Crippen MR) is 77.3 cm³/mol. The average Bonchev–Trinajstić information content (AvgIpc) is 2.95. The summed E-state index contributed by atoms with van der Waals surface area (Å²) in [6.07, 6.45) is -0.429. The summed E-state index contributed by atoms with van der Waals surface area (Å²) in [5.74, 6) is 0. The number of aryl methyl sites for hydroxylation is 2. The number of rotatable bonds is 5. The lowest BCUT2D eigenvalue weighted by molar-refractivity contribution is 0.174. The van der Waals surface area contributed by atoms with Crippen molar-refractivity contribution < 1.29 is 5.11 Å². The summed E-state index contributed by atoms with van der Waals surface area (Å²) < 4.78 is 0. The molecule has 98 valence electrons. The zero-order valence-electron chi connectivity index (χ0n) is 10.8. The van der Waals surface area contributed by atoms with Crippen molar-refractivity contribution in [3.05, 3.63) is 38.0 Å². The fourth-order valence-electron chi connectivity index (χ4n) is 1.91. The summed E-state index contributed by atoms with van der Waals surface area (Å²) in [7, 11) is 0. The van der Waals surface area contributed by atoms with Crippen LogP contribution in [0.25, 0.3) is 0 Å². The molecule has 0 aromatic carbocycles. The smallest absolute Gasteiger partial charge is 0.101 e. The number of aliphatic hydroxyl groups is 1. The summed E-state index contributed by atoms with van der Waals surface area (Å²) in [6, 6.07) is 4.15. The third-order valence-electron chi connectivity index (χ3n) is 2.82. The molecule has 0 spiro atoms. The quantitative estimate of drug-likeness (QED) is 0.885. The molecule has 0 aliphatic heterocycles. The molecule has 2 aromatic heterocycles. The van der Waals surface area contributed by atoms with E-state index in [0.717, 1.165) is 15.6 Å². The first-order valence-corrected chi connectivity index (χ1v) is 7.66. The average molecular weight is 282 g/mol. The van der Waals surface area contributed by atoms with Crippen LogP contribution >= 0.6 is 22.7 Å². The molecule has 5 heteroatoms. The van der Waals surface area contributed by atoms with Crippen molar-refractivity contribution in [2.24, 2.45) is 0 Å². The van der Waals surface area contributed by atoms with Crippen molar-refractivity contribution in [1.29, 1.82) is 0 Å². The summed E-state index contributed by atoms with van der Waals surface area (Å²) in [6.45, 7) is 6.74. The standard InChI is InChI=1S/C13H18N2OS2/c1-8(13-9(2)15-10(3)18-13)14-7-11(16)12-5-4-6-17-12/h4-6,8,11,14,16H,7H2,1-3H3. The number of thiazole rings is 1. The molecule has 2 unspecified atom stereocenters. The molecule has 0 amide bonds. The van der Waals surface area contributed by atoms with Gasteiger partial charge in [-0.05, 0) is 32.2 Å². The number of hydrogen-bond donors (Lipinski definition) is 2. The van der Waals surface area contributed by atoms with Crippen molar-refractivity contribution in [3.8, 4) is 0 Å². The van der Waals surface area contributed by atoms with Gasteiger partial charge in [-0.1, -0.05) is 6.07 Å². The molecular formula is C13H18N2OS2. The van der Waals surface area contributed by atoms with Crippen LogP contribution in [-0.2, 0) is 0 Å². The maximum absolute atomic E-state index is 10.0. The molecule has 2 aromatic rings. The van der Waals surface area contributed by atoms with E-state index in [1.807, 2.05) is 31.4 Å². The fourth-order valence-corrected chi connectivity index (χ4v) is 3.58. The molecular weight excluding hydrogens is 264 g/mol. The van der Waals surface area contributed by atoms with E-state index in [0.29, 0.717) is 6.54 Å². The van der Waals surface area contributed by atoms with Crippen LogP contribution in [0.5, 0.6) is 0 Å². The molecule has 0 fully saturated rings. The van der Waals surface area contributed by atoms with Gasteiger partial charge in [0.2, 0.25) is 0 Å². The first-order chi connectivity index (χ1) is 8.58.